The minimum atomic E-state index is -0.949. The summed E-state index contributed by atoms with van der Waals surface area (Å²) in [6.45, 7) is 2.75. The van der Waals surface area contributed by atoms with Crippen LogP contribution in [0.25, 0.3) is 44.8 Å². The Labute approximate surface area is 268 Å². The molecule has 0 radical (unpaired) electrons. The smallest absolute Gasteiger partial charge is 0.307 e. The summed E-state index contributed by atoms with van der Waals surface area (Å²) >= 11 is 0. The van der Waals surface area contributed by atoms with Crippen LogP contribution in [0.2, 0.25) is 0 Å². The highest BCUT2D eigenvalue weighted by atomic mass is 16.4. The third-order valence-corrected chi connectivity index (χ3v) is 7.85. The zero-order valence-corrected chi connectivity index (χ0v) is 25.5. The molecule has 2 amide bonds. The molecule has 47 heavy (non-hydrogen) atoms. The molecule has 0 aliphatic carbocycles. The van der Waals surface area contributed by atoms with Crippen molar-refractivity contribution >= 4 is 46.3 Å². The van der Waals surface area contributed by atoms with E-state index >= 15 is 0 Å². The molecule has 0 bridgehead atoms. The number of amides is 2. The molecule has 0 aliphatic heterocycles. The van der Waals surface area contributed by atoms with E-state index in [-0.39, 0.29) is 12.9 Å². The Morgan fingerprint density at radius 3 is 1.57 bits per heavy atom. The lowest BCUT2D eigenvalue weighted by atomic mass is 10.0. The van der Waals surface area contributed by atoms with Crippen LogP contribution in [0, 0.1) is 0 Å². The minimum Gasteiger partial charge on any atom is -0.483 e. The van der Waals surface area contributed by atoms with Crippen molar-refractivity contribution in [1.82, 2.24) is 19.1 Å². The number of nitrogens with zero attached hydrogens (tertiary/aromatic N) is 4. The number of aliphatic carboxylic acids is 1. The van der Waals surface area contributed by atoms with Crippen LogP contribution in [0.5, 0.6) is 0 Å². The van der Waals surface area contributed by atoms with Gasteiger partial charge < -0.3 is 30.8 Å². The Morgan fingerprint density at radius 2 is 1.15 bits per heavy atom. The summed E-state index contributed by atoms with van der Waals surface area (Å²) in [4.78, 5) is 53.8. The second-order valence-corrected chi connectivity index (χ2v) is 10.7. The van der Waals surface area contributed by atoms with Crippen molar-refractivity contribution in [1.29, 1.82) is 0 Å². The molecule has 2 heterocycles. The number of rotatable bonds is 10. The van der Waals surface area contributed by atoms with Crippen molar-refractivity contribution < 1.29 is 29.4 Å². The highest BCUT2D eigenvalue weighted by Gasteiger charge is 2.20. The van der Waals surface area contributed by atoms with Crippen LogP contribution in [0.4, 0.5) is 0 Å². The number of imidazole rings is 2. The van der Waals surface area contributed by atoms with Crippen LogP contribution in [-0.2, 0) is 35.5 Å². The quantitative estimate of drug-likeness (QED) is 0.158. The van der Waals surface area contributed by atoms with E-state index in [2.05, 4.69) is 17.6 Å². The second-order valence-electron chi connectivity index (χ2n) is 10.7. The number of nitrogens with two attached hydrogens (primary N) is 2. The zero-order chi connectivity index (χ0) is 33.7. The summed E-state index contributed by atoms with van der Waals surface area (Å²) in [5.74, 6) is -0.701. The number of carboxylic acid groups (broad SMARTS) is 2. The molecule has 2 aromatic heterocycles. The van der Waals surface area contributed by atoms with E-state index < -0.39 is 17.8 Å². The first-order valence-electron chi connectivity index (χ1n) is 14.7. The number of aryl methyl sites for hydroxylation is 3. The average molecular weight is 633 g/mol. The SMILES string of the molecule is CCc1ccccc1-c1nc2cc(C(N)=O)ccc2n1CCn1c(-c2ccccc2CC(=O)O)nc2cc(C(N)=O)ccc21.O=CO. The summed E-state index contributed by atoms with van der Waals surface area (Å²) in [5, 5.41) is 16.5. The standard InChI is InChI=1S/C34H30N6O4.CH2O2/c1-2-20-7-3-5-9-24(20)33-37-26-17-22(31(35)43)11-13-28(26)39(33)15-16-40-29-14-12-23(32(36)44)18-27(29)38-34(40)25-10-6-4-8-21(25)19-30(41)42;2-1-3/h3-14,17-18H,2,15-16,19H2,1H3,(H2,35,43)(H2,36,44)(H,41,42);1H,(H,2,3). The van der Waals surface area contributed by atoms with E-state index in [4.69, 9.17) is 31.3 Å². The van der Waals surface area contributed by atoms with E-state index in [1.165, 1.54) is 0 Å². The number of carbonyl (C=O) groups excluding carboxylic acids is 2. The highest BCUT2D eigenvalue weighted by molar-refractivity contribution is 5.98. The van der Waals surface area contributed by atoms with E-state index in [0.717, 1.165) is 34.4 Å². The molecule has 0 aliphatic rings. The molecule has 0 saturated heterocycles. The summed E-state index contributed by atoms with van der Waals surface area (Å²) in [5.41, 5.74) is 18.1. The molecule has 12 nitrogen and oxygen atoms in total. The van der Waals surface area contributed by atoms with Crippen LogP contribution in [0.15, 0.2) is 84.9 Å². The van der Waals surface area contributed by atoms with Gasteiger partial charge >= 0.3 is 5.97 Å². The minimum absolute atomic E-state index is 0.168. The van der Waals surface area contributed by atoms with Gasteiger partial charge in [-0.3, -0.25) is 19.2 Å². The number of fused-ring (bicyclic) bond motifs is 2. The first-order valence-corrected chi connectivity index (χ1v) is 14.7. The molecular formula is C35H32N6O6. The first kappa shape index (κ1) is 32.1. The molecule has 6 aromatic rings. The van der Waals surface area contributed by atoms with Crippen LogP contribution >= 0.6 is 0 Å². The Morgan fingerprint density at radius 1 is 0.723 bits per heavy atom. The van der Waals surface area contributed by atoms with Crippen molar-refractivity contribution in [2.45, 2.75) is 32.9 Å². The number of carboxylic acids is 1. The number of aromatic nitrogens is 4. The summed E-state index contributed by atoms with van der Waals surface area (Å²) in [6, 6.07) is 25.8. The molecule has 6 N–H and O–H groups in total. The molecule has 0 atom stereocenters. The van der Waals surface area contributed by atoms with Gasteiger partial charge in [-0.2, -0.15) is 0 Å². The maximum Gasteiger partial charge on any atom is 0.307 e. The lowest BCUT2D eigenvalue weighted by Crippen LogP contribution is -2.12. The second kappa shape index (κ2) is 13.8. The van der Waals surface area contributed by atoms with Gasteiger partial charge in [-0.25, -0.2) is 9.97 Å². The van der Waals surface area contributed by atoms with Crippen LogP contribution in [-0.4, -0.2) is 53.6 Å². The normalized spacial score (nSPS) is 10.8. The molecule has 0 fully saturated rings. The van der Waals surface area contributed by atoms with Crippen molar-refractivity contribution in [2.75, 3.05) is 0 Å². The molecule has 6 rings (SSSR count). The van der Waals surface area contributed by atoms with Gasteiger partial charge in [0.05, 0.1) is 28.5 Å². The van der Waals surface area contributed by atoms with Gasteiger partial charge in [0, 0.05) is 35.3 Å². The van der Waals surface area contributed by atoms with Crippen LogP contribution in [0.3, 0.4) is 0 Å². The van der Waals surface area contributed by atoms with Crippen molar-refractivity contribution in [3.8, 4) is 22.8 Å². The van der Waals surface area contributed by atoms with Gasteiger partial charge in [0.25, 0.3) is 6.47 Å². The monoisotopic (exact) mass is 632 g/mol. The molecule has 0 saturated carbocycles. The van der Waals surface area contributed by atoms with E-state index in [0.29, 0.717) is 52.2 Å². The fourth-order valence-corrected chi connectivity index (χ4v) is 5.73. The molecule has 238 valence electrons. The number of hydrogen-bond acceptors (Lipinski definition) is 6. The maximum absolute atomic E-state index is 12.0. The van der Waals surface area contributed by atoms with Crippen molar-refractivity contribution in [2.24, 2.45) is 11.5 Å². The number of carbonyl (C=O) groups is 4. The van der Waals surface area contributed by atoms with E-state index in [1.54, 1.807) is 36.4 Å². The van der Waals surface area contributed by atoms with Gasteiger partial charge in [0.1, 0.15) is 11.6 Å². The fourth-order valence-electron chi connectivity index (χ4n) is 5.73. The predicted octanol–water partition coefficient (Wildman–Crippen LogP) is 4.51. The molecule has 12 heteroatoms. The lowest BCUT2D eigenvalue weighted by molar-refractivity contribution is -0.136. The number of benzene rings is 4. The van der Waals surface area contributed by atoms with Gasteiger partial charge in [-0.15, -0.1) is 0 Å². The third-order valence-electron chi connectivity index (χ3n) is 7.85. The molecule has 0 spiro atoms. The van der Waals surface area contributed by atoms with Crippen molar-refractivity contribution in [3.63, 3.8) is 0 Å². The van der Waals surface area contributed by atoms with E-state index in [9.17, 15) is 19.5 Å². The van der Waals surface area contributed by atoms with E-state index in [1.807, 2.05) is 47.0 Å². The van der Waals surface area contributed by atoms with Gasteiger partial charge in [-0.05, 0) is 53.9 Å². The largest absolute Gasteiger partial charge is 0.483 e. The Bertz CT molecular complexity index is 2150. The lowest BCUT2D eigenvalue weighted by Gasteiger charge is -2.15. The summed E-state index contributed by atoms with van der Waals surface area (Å²) in [6.07, 6.45) is 0.642. The Balaban J connectivity index is 0.00000139. The topological polar surface area (TPSA) is 196 Å². The first-order chi connectivity index (χ1) is 22.7. The maximum atomic E-state index is 12.0. The number of primary amides is 2. The molecular weight excluding hydrogens is 600 g/mol. The summed E-state index contributed by atoms with van der Waals surface area (Å²) in [7, 11) is 0. The van der Waals surface area contributed by atoms with Crippen molar-refractivity contribution in [3.05, 3.63) is 107 Å². The van der Waals surface area contributed by atoms with Gasteiger partial charge in [0.2, 0.25) is 11.8 Å². The highest BCUT2D eigenvalue weighted by Crippen LogP contribution is 2.32. The van der Waals surface area contributed by atoms with Crippen LogP contribution < -0.4 is 11.5 Å². The fraction of sp³-hybridized carbons (Fsp3) is 0.143. The Kier molecular flexibility index (Phi) is 9.41. The molecule has 0 unspecified atom stereocenters. The summed E-state index contributed by atoms with van der Waals surface area (Å²) < 4.78 is 4.14. The van der Waals surface area contributed by atoms with Gasteiger partial charge in [0.15, 0.2) is 0 Å². The van der Waals surface area contributed by atoms with Crippen LogP contribution in [0.1, 0.15) is 38.8 Å². The predicted molar refractivity (Wildman–Crippen MR) is 177 cm³/mol. The number of hydrogen-bond donors (Lipinski definition) is 4. The Hall–Kier alpha value is -6.30. The third kappa shape index (κ3) is 6.57. The van der Waals surface area contributed by atoms with Gasteiger partial charge in [-0.1, -0.05) is 55.5 Å². The molecule has 4 aromatic carbocycles. The average Bonchev–Trinajstić information content (AvgIpc) is 3.61. The zero-order valence-electron chi connectivity index (χ0n) is 25.5.